The van der Waals surface area contributed by atoms with E-state index in [0.29, 0.717) is 26.2 Å². The summed E-state index contributed by atoms with van der Waals surface area (Å²) < 4.78 is 65.4. The lowest BCUT2D eigenvalue weighted by Gasteiger charge is -2.31. The molecule has 5 atom stereocenters. The van der Waals surface area contributed by atoms with Gasteiger partial charge in [0.25, 0.3) is 5.56 Å². The first-order valence-corrected chi connectivity index (χ1v) is 29.3. The van der Waals surface area contributed by atoms with Gasteiger partial charge in [0.05, 0.1) is 4.90 Å². The molecule has 2 aromatic rings. The number of hydrogen-bond donors (Lipinski definition) is 1. The summed E-state index contributed by atoms with van der Waals surface area (Å²) in [5.74, 6) is 0.102. The van der Waals surface area contributed by atoms with Crippen LogP contribution in [0.3, 0.4) is 0 Å². The highest BCUT2D eigenvalue weighted by atomic mass is 32.2. The zero-order chi connectivity index (χ0) is 50.2. The maximum absolute atomic E-state index is 15.4. The lowest BCUT2D eigenvalue weighted by atomic mass is 9.97. The van der Waals surface area contributed by atoms with Gasteiger partial charge in [0.15, 0.2) is 5.69 Å². The Hall–Kier alpha value is -3.12. The SMILES string of the molecule is CCCCC(CC)CN(CC(CC)CCCC)S(=O)(=O)c1ccc(S(=O)(=O)N(CC(CC)CCCC)CC(CC)CCCC)c(/N=N/c2c(C)c(C#N)c(=O)n(CC(CC)CCCC)c2O)c1. The van der Waals surface area contributed by atoms with E-state index in [-0.39, 0.29) is 68.4 Å². The minimum atomic E-state index is -4.32. The van der Waals surface area contributed by atoms with Crippen molar-refractivity contribution < 1.29 is 21.9 Å². The smallest absolute Gasteiger partial charge is 0.271 e. The van der Waals surface area contributed by atoms with Crippen molar-refractivity contribution >= 4 is 31.4 Å². The van der Waals surface area contributed by atoms with Gasteiger partial charge in [0.1, 0.15) is 22.2 Å². The molecule has 382 valence electrons. The zero-order valence-corrected chi connectivity index (χ0v) is 45.4. The van der Waals surface area contributed by atoms with Crippen LogP contribution in [0, 0.1) is 47.8 Å². The van der Waals surface area contributed by atoms with Crippen molar-refractivity contribution in [3.05, 3.63) is 39.7 Å². The lowest BCUT2D eigenvalue weighted by molar-refractivity contribution is 0.270. The summed E-state index contributed by atoms with van der Waals surface area (Å²) in [6, 6.07) is 6.11. The summed E-state index contributed by atoms with van der Waals surface area (Å²) in [7, 11) is -8.51. The van der Waals surface area contributed by atoms with Crippen LogP contribution in [-0.2, 0) is 26.6 Å². The van der Waals surface area contributed by atoms with Gasteiger partial charge in [0.2, 0.25) is 25.9 Å². The Labute approximate surface area is 408 Å². The van der Waals surface area contributed by atoms with Crippen molar-refractivity contribution in [2.45, 2.75) is 221 Å². The number of benzene rings is 1. The van der Waals surface area contributed by atoms with Gasteiger partial charge in [-0.15, -0.1) is 10.2 Å². The molecule has 12 nitrogen and oxygen atoms in total. The fraction of sp³-hybridized carbons (Fsp3) is 0.774. The quantitative estimate of drug-likeness (QED) is 0.0664. The summed E-state index contributed by atoms with van der Waals surface area (Å²) in [5.41, 5.74) is -1.05. The monoisotopic (exact) mass is 973 g/mol. The molecule has 0 bridgehead atoms. The highest BCUT2D eigenvalue weighted by Crippen LogP contribution is 2.38. The second-order valence-electron chi connectivity index (χ2n) is 19.3. The van der Waals surface area contributed by atoms with Gasteiger partial charge in [-0.1, -0.05) is 166 Å². The minimum Gasteiger partial charge on any atom is -0.493 e. The first-order valence-electron chi connectivity index (χ1n) is 26.4. The molecule has 0 spiro atoms. The number of aromatic hydroxyl groups is 1. The Balaban J connectivity index is 3.11. The van der Waals surface area contributed by atoms with Crippen LogP contribution in [0.2, 0.25) is 0 Å². The number of aromatic nitrogens is 1. The molecule has 0 saturated carbocycles. The van der Waals surface area contributed by atoms with Gasteiger partial charge in [-0.3, -0.25) is 9.36 Å². The highest BCUT2D eigenvalue weighted by Gasteiger charge is 2.34. The molecular weight excluding hydrogens is 881 g/mol. The van der Waals surface area contributed by atoms with E-state index >= 15 is 16.8 Å². The van der Waals surface area contributed by atoms with Crippen molar-refractivity contribution in [2.75, 3.05) is 26.2 Å². The van der Waals surface area contributed by atoms with Crippen LogP contribution >= 0.6 is 0 Å². The van der Waals surface area contributed by atoms with Crippen molar-refractivity contribution in [2.24, 2.45) is 39.8 Å². The van der Waals surface area contributed by atoms with E-state index in [9.17, 15) is 15.2 Å². The minimum absolute atomic E-state index is 0.0484. The Kier molecular flexibility index (Phi) is 27.9. The number of nitriles is 1. The average Bonchev–Trinajstić information content (AvgIpc) is 3.32. The molecule has 0 amide bonds. The van der Waals surface area contributed by atoms with Crippen LogP contribution in [0.5, 0.6) is 5.88 Å². The third kappa shape index (κ3) is 17.7. The second-order valence-corrected chi connectivity index (χ2v) is 23.1. The average molecular weight is 973 g/mol. The molecule has 1 heterocycles. The Morgan fingerprint density at radius 3 is 1.37 bits per heavy atom. The molecule has 0 aliphatic heterocycles. The summed E-state index contributed by atoms with van der Waals surface area (Å²) in [6.45, 7) is 24.0. The molecule has 0 saturated heterocycles. The van der Waals surface area contributed by atoms with Gasteiger partial charge < -0.3 is 5.11 Å². The summed E-state index contributed by atoms with van der Waals surface area (Å²) in [5, 5.41) is 31.1. The molecule has 0 fully saturated rings. The fourth-order valence-corrected chi connectivity index (χ4v) is 12.4. The van der Waals surface area contributed by atoms with Crippen molar-refractivity contribution in [1.82, 2.24) is 13.2 Å². The van der Waals surface area contributed by atoms with Gasteiger partial charge in [0, 0.05) is 38.3 Å². The number of sulfonamides is 2. The molecular formula is C53H92N6O6S2. The molecule has 0 radical (unpaired) electrons. The van der Waals surface area contributed by atoms with E-state index in [2.05, 4.69) is 72.5 Å². The molecule has 5 unspecified atom stereocenters. The van der Waals surface area contributed by atoms with Crippen molar-refractivity contribution in [3.8, 4) is 11.9 Å². The molecule has 14 heteroatoms. The van der Waals surface area contributed by atoms with E-state index in [4.69, 9.17) is 0 Å². The standard InChI is InChI=1S/C53H92N6O6S2/c1-12-22-27-42(17-6)36-57(37-43(18-7)28-23-13-2)66(62,63)47-32-33-50(67(64,65)58(38-44(19-8)29-24-14-3)39-45(20-9)30-25-15-4)49(34-47)55-56-51-41(11)48(35-54)52(60)59(53(51)61)40-46(21-10)31-26-16-5/h32-34,42-46,61H,12-31,36-40H2,1-11H3/b56-55+. The van der Waals surface area contributed by atoms with Crippen molar-refractivity contribution in [1.29, 1.82) is 5.26 Å². The third-order valence-corrected chi connectivity index (χ3v) is 17.9. The normalized spacial score (nSPS) is 14.7. The van der Waals surface area contributed by atoms with E-state index < -0.39 is 31.5 Å². The second kappa shape index (κ2) is 31.2. The Bertz CT molecular complexity index is 2080. The van der Waals surface area contributed by atoms with Crippen LogP contribution in [0.25, 0.3) is 0 Å². The summed E-state index contributed by atoms with van der Waals surface area (Å²) in [6.07, 6.45) is 18.2. The number of hydrogen-bond acceptors (Lipinski definition) is 9. The number of azo groups is 1. The topological polar surface area (TPSA) is 166 Å². The maximum atomic E-state index is 15.4. The predicted octanol–water partition coefficient (Wildman–Crippen LogP) is 14.2. The number of pyridine rings is 1. The van der Waals surface area contributed by atoms with Crippen molar-refractivity contribution in [3.63, 3.8) is 0 Å². The highest BCUT2D eigenvalue weighted by molar-refractivity contribution is 7.89. The van der Waals surface area contributed by atoms with E-state index in [1.807, 2.05) is 13.0 Å². The molecule has 1 N–H and O–H groups in total. The van der Waals surface area contributed by atoms with Crippen LogP contribution < -0.4 is 5.56 Å². The molecule has 1 aromatic carbocycles. The number of rotatable bonds is 36. The third-order valence-electron chi connectivity index (χ3n) is 14.2. The van der Waals surface area contributed by atoms with E-state index in [0.717, 1.165) is 128 Å². The molecule has 67 heavy (non-hydrogen) atoms. The maximum Gasteiger partial charge on any atom is 0.271 e. The first kappa shape index (κ1) is 60.0. The van der Waals surface area contributed by atoms with E-state index in [1.54, 1.807) is 8.61 Å². The van der Waals surface area contributed by atoms with Crippen LogP contribution in [0.1, 0.15) is 209 Å². The lowest BCUT2D eigenvalue weighted by Crippen LogP contribution is -2.39. The van der Waals surface area contributed by atoms with Gasteiger partial charge in [-0.05, 0) is 86.8 Å². The first-order chi connectivity index (χ1) is 32.0. The summed E-state index contributed by atoms with van der Waals surface area (Å²) in [4.78, 5) is 13.4. The van der Waals surface area contributed by atoms with Gasteiger partial charge in [-0.25, -0.2) is 16.8 Å². The fourth-order valence-electron chi connectivity index (χ4n) is 9.11. The number of unbranched alkanes of at least 4 members (excludes halogenated alkanes) is 5. The van der Waals surface area contributed by atoms with E-state index in [1.165, 1.54) is 29.7 Å². The van der Waals surface area contributed by atoms with Gasteiger partial charge in [-0.2, -0.15) is 13.9 Å². The van der Waals surface area contributed by atoms with Crippen LogP contribution in [0.15, 0.2) is 43.0 Å². The molecule has 1 aromatic heterocycles. The largest absolute Gasteiger partial charge is 0.493 e. The van der Waals surface area contributed by atoms with Crippen LogP contribution in [-0.4, -0.2) is 61.3 Å². The van der Waals surface area contributed by atoms with Crippen LogP contribution in [0.4, 0.5) is 11.4 Å². The molecule has 0 aliphatic rings. The number of nitrogens with zero attached hydrogens (tertiary/aromatic N) is 6. The zero-order valence-electron chi connectivity index (χ0n) is 43.8. The summed E-state index contributed by atoms with van der Waals surface area (Å²) >= 11 is 0. The molecule has 0 aliphatic carbocycles. The Morgan fingerprint density at radius 2 is 1.00 bits per heavy atom. The van der Waals surface area contributed by atoms with Gasteiger partial charge >= 0.3 is 0 Å². The predicted molar refractivity (Wildman–Crippen MR) is 276 cm³/mol. The Morgan fingerprint density at radius 1 is 0.612 bits per heavy atom. The molecule has 2 rings (SSSR count).